The maximum atomic E-state index is 13.9. The molecule has 31 heavy (non-hydrogen) atoms. The van der Waals surface area contributed by atoms with Crippen LogP contribution in [0.4, 0.5) is 22.0 Å². The van der Waals surface area contributed by atoms with Crippen LogP contribution in [0, 0.1) is 11.6 Å². The van der Waals surface area contributed by atoms with E-state index in [9.17, 15) is 26.7 Å². The number of nitrogens with one attached hydrogen (secondary N) is 1. The quantitative estimate of drug-likeness (QED) is 0.569. The first kappa shape index (κ1) is 22.4. The zero-order chi connectivity index (χ0) is 22.8. The van der Waals surface area contributed by atoms with Gasteiger partial charge in [-0.2, -0.15) is 18.3 Å². The molecular formula is C21H18F5N3O2. The number of aliphatic hydroxyl groups excluding tert-OH is 1. The summed E-state index contributed by atoms with van der Waals surface area (Å²) in [7, 11) is 0. The number of rotatable bonds is 6. The van der Waals surface area contributed by atoms with Crippen molar-refractivity contribution in [2.75, 3.05) is 0 Å². The number of benzene rings is 2. The first-order valence-corrected chi connectivity index (χ1v) is 9.19. The van der Waals surface area contributed by atoms with Crippen molar-refractivity contribution in [2.24, 2.45) is 0 Å². The van der Waals surface area contributed by atoms with Gasteiger partial charge >= 0.3 is 6.18 Å². The third-order valence-electron chi connectivity index (χ3n) is 4.73. The molecule has 10 heteroatoms. The molecule has 0 spiro atoms. The van der Waals surface area contributed by atoms with Gasteiger partial charge in [0.15, 0.2) is 5.69 Å². The largest absolute Gasteiger partial charge is 0.435 e. The fourth-order valence-corrected chi connectivity index (χ4v) is 2.93. The zero-order valence-corrected chi connectivity index (χ0v) is 16.3. The predicted molar refractivity (Wildman–Crippen MR) is 101 cm³/mol. The number of aliphatic hydroxyl groups is 1. The van der Waals surface area contributed by atoms with Gasteiger partial charge in [0.25, 0.3) is 0 Å². The second-order valence-corrected chi connectivity index (χ2v) is 6.86. The Morgan fingerprint density at radius 3 is 2.39 bits per heavy atom. The summed E-state index contributed by atoms with van der Waals surface area (Å²) in [6, 6.07) is 9.46. The highest BCUT2D eigenvalue weighted by Crippen LogP contribution is 2.29. The van der Waals surface area contributed by atoms with Gasteiger partial charge in [-0.3, -0.25) is 4.79 Å². The smallest absolute Gasteiger partial charge is 0.392 e. The molecule has 2 aromatic carbocycles. The Balaban J connectivity index is 1.81. The van der Waals surface area contributed by atoms with Gasteiger partial charge < -0.3 is 10.4 Å². The number of carbonyl (C=O) groups is 1. The van der Waals surface area contributed by atoms with E-state index in [4.69, 9.17) is 5.11 Å². The summed E-state index contributed by atoms with van der Waals surface area (Å²) in [5, 5.41) is 15.1. The Kier molecular flexibility index (Phi) is 6.40. The fraction of sp³-hybridized carbons (Fsp3) is 0.238. The van der Waals surface area contributed by atoms with Crippen molar-refractivity contribution < 1.29 is 31.9 Å². The van der Waals surface area contributed by atoms with Gasteiger partial charge in [0.05, 0.1) is 30.5 Å². The number of carbonyl (C=O) groups excluding carboxylic acids is 1. The summed E-state index contributed by atoms with van der Waals surface area (Å²) < 4.78 is 67.4. The van der Waals surface area contributed by atoms with E-state index >= 15 is 0 Å². The monoisotopic (exact) mass is 439 g/mol. The average molecular weight is 439 g/mol. The summed E-state index contributed by atoms with van der Waals surface area (Å²) in [4.78, 5) is 12.5. The molecule has 0 aliphatic heterocycles. The summed E-state index contributed by atoms with van der Waals surface area (Å²) >= 11 is 0. The molecule has 0 bridgehead atoms. The predicted octanol–water partition coefficient (Wildman–Crippen LogP) is 4.08. The molecule has 164 valence electrons. The minimum Gasteiger partial charge on any atom is -0.392 e. The van der Waals surface area contributed by atoms with Crippen LogP contribution in [0.2, 0.25) is 0 Å². The standard InChI is InChI=1S/C21H18F5N3O2/c1-12(13-2-3-14(11-30)18(23)8-13)20(31)27-10-17-9-19(21(24,25)26)28-29(17)16-6-4-15(22)5-7-16/h2-9,12,30H,10-11H2,1H3,(H,27,31). The molecule has 1 atom stereocenters. The van der Waals surface area contributed by atoms with Crippen LogP contribution in [0.1, 0.15) is 35.4 Å². The van der Waals surface area contributed by atoms with E-state index in [0.29, 0.717) is 5.56 Å². The van der Waals surface area contributed by atoms with Crippen LogP contribution in [-0.4, -0.2) is 20.8 Å². The molecule has 0 saturated heterocycles. The van der Waals surface area contributed by atoms with Crippen molar-refractivity contribution in [1.82, 2.24) is 15.1 Å². The minimum absolute atomic E-state index is 0.0290. The molecule has 1 unspecified atom stereocenters. The third kappa shape index (κ3) is 5.08. The van der Waals surface area contributed by atoms with Crippen LogP contribution in [0.25, 0.3) is 5.69 Å². The normalized spacial score (nSPS) is 12.6. The Morgan fingerprint density at radius 2 is 1.81 bits per heavy atom. The lowest BCUT2D eigenvalue weighted by Gasteiger charge is -2.14. The van der Waals surface area contributed by atoms with Crippen LogP contribution in [-0.2, 0) is 24.1 Å². The number of hydrogen-bond acceptors (Lipinski definition) is 3. The Morgan fingerprint density at radius 1 is 1.13 bits per heavy atom. The second kappa shape index (κ2) is 8.84. The topological polar surface area (TPSA) is 67.2 Å². The maximum Gasteiger partial charge on any atom is 0.435 e. The summed E-state index contributed by atoms with van der Waals surface area (Å²) in [6.07, 6.45) is -4.71. The molecule has 2 N–H and O–H groups in total. The average Bonchev–Trinajstić information content (AvgIpc) is 3.16. The lowest BCUT2D eigenvalue weighted by Crippen LogP contribution is -2.28. The van der Waals surface area contributed by atoms with E-state index in [-0.39, 0.29) is 23.5 Å². The lowest BCUT2D eigenvalue weighted by molar-refractivity contribution is -0.141. The van der Waals surface area contributed by atoms with Gasteiger partial charge in [0.1, 0.15) is 11.6 Å². The van der Waals surface area contributed by atoms with Crippen LogP contribution in [0.15, 0.2) is 48.5 Å². The Bertz CT molecular complexity index is 1080. The molecule has 5 nitrogen and oxygen atoms in total. The third-order valence-corrected chi connectivity index (χ3v) is 4.73. The van der Waals surface area contributed by atoms with Crippen LogP contribution in [0.3, 0.4) is 0 Å². The fourth-order valence-electron chi connectivity index (χ4n) is 2.93. The Labute approximate surface area is 174 Å². The van der Waals surface area contributed by atoms with Gasteiger partial charge in [-0.05, 0) is 48.9 Å². The minimum atomic E-state index is -4.71. The van der Waals surface area contributed by atoms with Gasteiger partial charge in [-0.1, -0.05) is 12.1 Å². The van der Waals surface area contributed by atoms with Crippen LogP contribution >= 0.6 is 0 Å². The van der Waals surface area contributed by atoms with Crippen molar-refractivity contribution in [3.8, 4) is 5.69 Å². The molecule has 0 radical (unpaired) electrons. The first-order valence-electron chi connectivity index (χ1n) is 9.19. The Hall–Kier alpha value is -3.27. The van der Waals surface area contributed by atoms with Gasteiger partial charge in [-0.15, -0.1) is 0 Å². The number of hydrogen-bond donors (Lipinski definition) is 2. The van der Waals surface area contributed by atoms with E-state index < -0.39 is 41.9 Å². The molecule has 0 aliphatic carbocycles. The second-order valence-electron chi connectivity index (χ2n) is 6.86. The maximum absolute atomic E-state index is 13.9. The van der Waals surface area contributed by atoms with E-state index in [0.717, 1.165) is 28.9 Å². The highest BCUT2D eigenvalue weighted by Gasteiger charge is 2.35. The SMILES string of the molecule is CC(C(=O)NCc1cc(C(F)(F)F)nn1-c1ccc(F)cc1)c1ccc(CO)c(F)c1. The molecule has 0 aliphatic rings. The van der Waals surface area contributed by atoms with Crippen molar-refractivity contribution in [2.45, 2.75) is 32.2 Å². The van der Waals surface area contributed by atoms with Crippen molar-refractivity contribution in [3.05, 3.63) is 82.7 Å². The zero-order valence-electron chi connectivity index (χ0n) is 16.3. The van der Waals surface area contributed by atoms with Crippen molar-refractivity contribution in [3.63, 3.8) is 0 Å². The van der Waals surface area contributed by atoms with Crippen LogP contribution < -0.4 is 5.32 Å². The van der Waals surface area contributed by atoms with Crippen LogP contribution in [0.5, 0.6) is 0 Å². The molecule has 1 amide bonds. The molecule has 0 fully saturated rings. The number of aromatic nitrogens is 2. The van der Waals surface area contributed by atoms with E-state index in [1.807, 2.05) is 0 Å². The number of amides is 1. The molecule has 1 heterocycles. The van der Waals surface area contributed by atoms with Gasteiger partial charge in [0, 0.05) is 5.56 Å². The molecule has 3 aromatic rings. The molecule has 0 saturated carbocycles. The van der Waals surface area contributed by atoms with E-state index in [2.05, 4.69) is 10.4 Å². The molecular weight excluding hydrogens is 421 g/mol. The summed E-state index contributed by atoms with van der Waals surface area (Å²) in [5.41, 5.74) is -0.512. The van der Waals surface area contributed by atoms with E-state index in [1.54, 1.807) is 0 Å². The number of halogens is 5. The number of nitrogens with zero attached hydrogens (tertiary/aromatic N) is 2. The van der Waals surface area contributed by atoms with Gasteiger partial charge in [0.2, 0.25) is 5.91 Å². The van der Waals surface area contributed by atoms with Crippen molar-refractivity contribution >= 4 is 5.91 Å². The number of alkyl halides is 3. The highest BCUT2D eigenvalue weighted by atomic mass is 19.4. The lowest BCUT2D eigenvalue weighted by atomic mass is 9.98. The first-order chi connectivity index (χ1) is 14.6. The summed E-state index contributed by atoms with van der Waals surface area (Å²) in [6.45, 7) is 0.740. The summed E-state index contributed by atoms with van der Waals surface area (Å²) in [5.74, 6) is -2.57. The van der Waals surface area contributed by atoms with Gasteiger partial charge in [-0.25, -0.2) is 13.5 Å². The van der Waals surface area contributed by atoms with E-state index in [1.165, 1.54) is 31.2 Å². The van der Waals surface area contributed by atoms with Crippen molar-refractivity contribution in [1.29, 1.82) is 0 Å². The molecule has 3 rings (SSSR count). The molecule has 1 aromatic heterocycles. The highest BCUT2D eigenvalue weighted by molar-refractivity contribution is 5.83.